The first kappa shape index (κ1) is 23.4. The van der Waals surface area contributed by atoms with Gasteiger partial charge in [0.15, 0.2) is 0 Å². The molecule has 1 aromatic carbocycles. The molecule has 0 aromatic heterocycles. The lowest BCUT2D eigenvalue weighted by molar-refractivity contribution is -0.134. The van der Waals surface area contributed by atoms with E-state index < -0.39 is 20.5 Å². The highest BCUT2D eigenvalue weighted by molar-refractivity contribution is 6.77. The quantitative estimate of drug-likeness (QED) is 0.460. The summed E-state index contributed by atoms with van der Waals surface area (Å²) in [6, 6.07) is 8.56. The fourth-order valence-electron chi connectivity index (χ4n) is 4.64. The Morgan fingerprint density at radius 3 is 2.07 bits per heavy atom. The van der Waals surface area contributed by atoms with E-state index in [1.165, 1.54) is 0 Å². The summed E-state index contributed by atoms with van der Waals surface area (Å²) >= 11 is 0. The highest BCUT2D eigenvalue weighted by Crippen LogP contribution is 2.43. The van der Waals surface area contributed by atoms with Crippen LogP contribution in [-0.4, -0.2) is 38.5 Å². The van der Waals surface area contributed by atoms with Crippen molar-refractivity contribution in [2.45, 2.75) is 89.9 Å². The molecular formula is C22H36N2O4Si. The van der Waals surface area contributed by atoms with Crippen LogP contribution in [-0.2, 0) is 20.6 Å². The van der Waals surface area contributed by atoms with Gasteiger partial charge in [0.2, 0.25) is 14.2 Å². The Labute approximate surface area is 175 Å². The zero-order chi connectivity index (χ0) is 21.8. The van der Waals surface area contributed by atoms with Crippen molar-refractivity contribution in [2.75, 3.05) is 0 Å². The fraction of sp³-hybridized carbons (Fsp3) is 0.636. The van der Waals surface area contributed by atoms with Gasteiger partial charge in [-0.3, -0.25) is 4.79 Å². The molecule has 0 saturated carbocycles. The zero-order valence-electron chi connectivity index (χ0n) is 18.7. The molecule has 7 heteroatoms. The number of benzene rings is 1. The number of carbonyl (C=O) groups is 2. The Hall–Kier alpha value is -1.86. The van der Waals surface area contributed by atoms with Gasteiger partial charge >= 0.3 is 6.09 Å². The summed E-state index contributed by atoms with van der Waals surface area (Å²) in [5.41, 5.74) is 2.24. The van der Waals surface area contributed by atoms with Crippen LogP contribution in [0.4, 0.5) is 4.79 Å². The van der Waals surface area contributed by atoms with Gasteiger partial charge in [-0.1, -0.05) is 71.9 Å². The third-order valence-corrected chi connectivity index (χ3v) is 12.2. The number of nitrogens with one attached hydrogen (secondary N) is 2. The van der Waals surface area contributed by atoms with E-state index in [1.54, 1.807) is 0 Å². The maximum absolute atomic E-state index is 12.2. The molecule has 1 fully saturated rings. The summed E-state index contributed by atoms with van der Waals surface area (Å²) in [7, 11) is -2.08. The number of alkyl carbamates (subject to hydrolysis) is 1. The van der Waals surface area contributed by atoms with Crippen LogP contribution in [0.2, 0.25) is 16.6 Å². The van der Waals surface area contributed by atoms with Crippen molar-refractivity contribution in [1.82, 2.24) is 10.6 Å². The van der Waals surface area contributed by atoms with E-state index >= 15 is 0 Å². The number of carbonyl (C=O) groups excluding carboxylic acids is 2. The molecule has 29 heavy (non-hydrogen) atoms. The van der Waals surface area contributed by atoms with Crippen molar-refractivity contribution in [3.8, 4) is 0 Å². The van der Waals surface area contributed by atoms with Gasteiger partial charge in [0.1, 0.15) is 12.6 Å². The van der Waals surface area contributed by atoms with Gasteiger partial charge in [0, 0.05) is 0 Å². The van der Waals surface area contributed by atoms with E-state index in [0.29, 0.717) is 16.6 Å². The van der Waals surface area contributed by atoms with Gasteiger partial charge in [0.05, 0.1) is 12.1 Å². The van der Waals surface area contributed by atoms with E-state index in [9.17, 15) is 9.59 Å². The lowest BCUT2D eigenvalue weighted by Crippen LogP contribution is -2.73. The summed E-state index contributed by atoms with van der Waals surface area (Å²) in [4.78, 5) is 24.3. The van der Waals surface area contributed by atoms with Crippen LogP contribution >= 0.6 is 0 Å². The molecule has 0 unspecified atom stereocenters. The van der Waals surface area contributed by atoms with E-state index in [1.807, 2.05) is 37.3 Å². The SMILES string of the molecule is CC(C)[Si](O[C@@H](C)[C@@H]1NC(=O)[C@H]1NC(=O)OCc1ccccc1)(C(C)C)C(C)C. The lowest BCUT2D eigenvalue weighted by atomic mass is 9.95. The minimum absolute atomic E-state index is 0.168. The molecule has 6 nitrogen and oxygen atoms in total. The van der Waals surface area contributed by atoms with Gasteiger partial charge in [-0.25, -0.2) is 4.79 Å². The van der Waals surface area contributed by atoms with Crippen molar-refractivity contribution in [1.29, 1.82) is 0 Å². The number of amides is 2. The number of ether oxygens (including phenoxy) is 1. The van der Waals surface area contributed by atoms with Crippen molar-refractivity contribution >= 4 is 20.3 Å². The van der Waals surface area contributed by atoms with Crippen molar-refractivity contribution in [2.24, 2.45) is 0 Å². The van der Waals surface area contributed by atoms with Crippen LogP contribution in [0.3, 0.4) is 0 Å². The smallest absolute Gasteiger partial charge is 0.408 e. The number of hydrogen-bond acceptors (Lipinski definition) is 4. The summed E-state index contributed by atoms with van der Waals surface area (Å²) in [5, 5.41) is 5.60. The molecular weight excluding hydrogens is 384 g/mol. The molecule has 3 atom stereocenters. The Morgan fingerprint density at radius 2 is 1.59 bits per heavy atom. The monoisotopic (exact) mass is 420 g/mol. The molecule has 1 saturated heterocycles. The molecule has 1 aromatic rings. The Bertz CT molecular complexity index is 672. The molecule has 1 aliphatic heterocycles. The third kappa shape index (κ3) is 5.20. The fourth-order valence-corrected chi connectivity index (χ4v) is 10.3. The average molecular weight is 421 g/mol. The normalized spacial score (nSPS) is 20.4. The van der Waals surface area contributed by atoms with Gasteiger partial charge in [-0.05, 0) is 29.1 Å². The predicted octanol–water partition coefficient (Wildman–Crippen LogP) is 4.36. The highest BCUT2D eigenvalue weighted by Gasteiger charge is 2.51. The minimum atomic E-state index is -2.08. The number of hydrogen-bond donors (Lipinski definition) is 2. The van der Waals surface area contributed by atoms with Gasteiger partial charge < -0.3 is 19.8 Å². The molecule has 0 aliphatic carbocycles. The Kier molecular flexibility index (Phi) is 7.88. The maximum atomic E-state index is 12.2. The standard InChI is InChI=1S/C22H36N2O4Si/c1-14(2)29(15(3)4,16(5)6)28-17(7)19-20(21(25)23-19)24-22(26)27-13-18-11-9-8-10-12-18/h8-12,14-17,19-20H,13H2,1-7H3,(H,23,25)(H,24,26)/t17-,19-,20-/m0/s1. The number of β-lactam (4-membered cyclic amide) rings is 1. The summed E-state index contributed by atoms with van der Waals surface area (Å²) < 4.78 is 12.0. The summed E-state index contributed by atoms with van der Waals surface area (Å²) in [5.74, 6) is -0.201. The van der Waals surface area contributed by atoms with Gasteiger partial charge in [-0.2, -0.15) is 0 Å². The van der Waals surface area contributed by atoms with Gasteiger partial charge in [-0.15, -0.1) is 0 Å². The van der Waals surface area contributed by atoms with Crippen LogP contribution in [0, 0.1) is 0 Å². The van der Waals surface area contributed by atoms with E-state index in [0.717, 1.165) is 5.56 Å². The van der Waals surface area contributed by atoms with E-state index in [4.69, 9.17) is 9.16 Å². The van der Waals surface area contributed by atoms with Crippen LogP contribution in [0.25, 0.3) is 0 Å². The summed E-state index contributed by atoms with van der Waals surface area (Å²) in [6.07, 6.45) is -0.781. The van der Waals surface area contributed by atoms with E-state index in [-0.39, 0.29) is 24.7 Å². The first-order valence-corrected chi connectivity index (χ1v) is 12.7. The molecule has 0 spiro atoms. The minimum Gasteiger partial charge on any atom is -0.445 e. The van der Waals surface area contributed by atoms with Crippen LogP contribution in [0.1, 0.15) is 54.0 Å². The molecule has 2 rings (SSSR count). The second kappa shape index (κ2) is 9.76. The van der Waals surface area contributed by atoms with Crippen LogP contribution in [0.5, 0.6) is 0 Å². The second-order valence-corrected chi connectivity index (χ2v) is 14.3. The molecule has 0 radical (unpaired) electrons. The number of rotatable bonds is 9. The molecule has 0 bridgehead atoms. The van der Waals surface area contributed by atoms with Crippen molar-refractivity contribution in [3.05, 3.63) is 35.9 Å². The first-order valence-electron chi connectivity index (χ1n) is 10.5. The van der Waals surface area contributed by atoms with Crippen molar-refractivity contribution in [3.63, 3.8) is 0 Å². The van der Waals surface area contributed by atoms with Gasteiger partial charge in [0.25, 0.3) is 0 Å². The third-order valence-electron chi connectivity index (χ3n) is 6.04. The molecule has 162 valence electrons. The molecule has 2 amide bonds. The second-order valence-electron chi connectivity index (χ2n) is 8.86. The molecule has 1 aliphatic rings. The average Bonchev–Trinajstić information content (AvgIpc) is 2.66. The maximum Gasteiger partial charge on any atom is 0.408 e. The first-order chi connectivity index (χ1) is 13.6. The zero-order valence-corrected chi connectivity index (χ0v) is 19.7. The summed E-state index contributed by atoms with van der Waals surface area (Å²) in [6.45, 7) is 15.5. The van der Waals surface area contributed by atoms with E-state index in [2.05, 4.69) is 52.2 Å². The van der Waals surface area contributed by atoms with Crippen molar-refractivity contribution < 1.29 is 18.8 Å². The largest absolute Gasteiger partial charge is 0.445 e. The Balaban J connectivity index is 1.99. The Morgan fingerprint density at radius 1 is 1.03 bits per heavy atom. The van der Waals surface area contributed by atoms with Crippen LogP contribution in [0.15, 0.2) is 30.3 Å². The lowest BCUT2D eigenvalue weighted by Gasteiger charge is -2.48. The van der Waals surface area contributed by atoms with Crippen LogP contribution < -0.4 is 10.6 Å². The predicted molar refractivity (Wildman–Crippen MR) is 117 cm³/mol. The molecule has 1 heterocycles. The highest BCUT2D eigenvalue weighted by atomic mass is 28.4. The molecule has 2 N–H and O–H groups in total. The topological polar surface area (TPSA) is 76.7 Å².